The van der Waals surface area contributed by atoms with E-state index in [1.54, 1.807) is 24.3 Å². The number of hydrogen-bond donors (Lipinski definition) is 0. The Hall–Kier alpha value is -2.89. The molecular formula is C24H17ClFNO2S. The molecule has 0 saturated carbocycles. The van der Waals surface area contributed by atoms with E-state index in [4.69, 9.17) is 11.6 Å². The van der Waals surface area contributed by atoms with E-state index in [0.29, 0.717) is 26.8 Å². The van der Waals surface area contributed by atoms with E-state index < -0.39 is 5.82 Å². The highest BCUT2D eigenvalue weighted by Crippen LogP contribution is 2.38. The van der Waals surface area contributed by atoms with Gasteiger partial charge in [0.15, 0.2) is 0 Å². The maximum Gasteiger partial charge on any atom is 0.268 e. The number of rotatable bonds is 6. The molecule has 150 valence electrons. The first-order chi connectivity index (χ1) is 14.5. The van der Waals surface area contributed by atoms with Gasteiger partial charge in [0.2, 0.25) is 0 Å². The second-order valence-corrected chi connectivity index (χ2v) is 8.23. The van der Waals surface area contributed by atoms with Crippen LogP contribution in [-0.4, -0.2) is 16.7 Å². The van der Waals surface area contributed by atoms with Gasteiger partial charge in [0.25, 0.3) is 11.8 Å². The van der Waals surface area contributed by atoms with Gasteiger partial charge in [-0.3, -0.25) is 14.5 Å². The van der Waals surface area contributed by atoms with Gasteiger partial charge in [0.05, 0.1) is 17.0 Å². The molecule has 0 unspecified atom stereocenters. The first kappa shape index (κ1) is 20.4. The summed E-state index contributed by atoms with van der Waals surface area (Å²) < 4.78 is 13.4. The lowest BCUT2D eigenvalue weighted by atomic mass is 10.1. The standard InChI is InChI=1S/C24H17ClFNO2S/c25-19-10-6-16(7-11-19)14-27-23(28)21(18-8-12-20(26)13-9-18)22(24(27)29)30-15-17-4-2-1-3-5-17/h1-13H,14-15H2. The summed E-state index contributed by atoms with van der Waals surface area (Å²) in [5.74, 6) is -0.561. The van der Waals surface area contributed by atoms with Crippen LogP contribution < -0.4 is 0 Å². The lowest BCUT2D eigenvalue weighted by molar-refractivity contribution is -0.137. The number of hydrogen-bond acceptors (Lipinski definition) is 3. The predicted octanol–water partition coefficient (Wildman–Crippen LogP) is 5.69. The van der Waals surface area contributed by atoms with E-state index in [1.165, 1.54) is 40.9 Å². The fourth-order valence-corrected chi connectivity index (χ4v) is 4.42. The van der Waals surface area contributed by atoms with E-state index in [0.717, 1.165) is 11.1 Å². The lowest BCUT2D eigenvalue weighted by Gasteiger charge is -2.15. The van der Waals surface area contributed by atoms with Crippen LogP contribution in [0.4, 0.5) is 4.39 Å². The Morgan fingerprint density at radius 3 is 2.13 bits per heavy atom. The van der Waals surface area contributed by atoms with Gasteiger partial charge in [-0.25, -0.2) is 4.39 Å². The van der Waals surface area contributed by atoms with Crippen LogP contribution in [0.5, 0.6) is 0 Å². The van der Waals surface area contributed by atoms with Gasteiger partial charge in [-0.2, -0.15) is 0 Å². The SMILES string of the molecule is O=C1C(SCc2ccccc2)=C(c2ccc(F)cc2)C(=O)N1Cc1ccc(Cl)cc1. The van der Waals surface area contributed by atoms with Crippen LogP contribution >= 0.6 is 23.4 Å². The molecule has 1 aliphatic rings. The number of benzene rings is 3. The second-order valence-electron chi connectivity index (χ2n) is 6.81. The Morgan fingerprint density at radius 2 is 1.47 bits per heavy atom. The second kappa shape index (κ2) is 8.86. The molecule has 0 radical (unpaired) electrons. The normalized spacial score (nSPS) is 14.0. The maximum atomic E-state index is 13.4. The zero-order chi connectivity index (χ0) is 21.1. The van der Waals surface area contributed by atoms with Crippen molar-refractivity contribution in [3.63, 3.8) is 0 Å². The first-order valence-corrected chi connectivity index (χ1v) is 10.7. The van der Waals surface area contributed by atoms with Crippen molar-refractivity contribution >= 4 is 40.8 Å². The minimum Gasteiger partial charge on any atom is -0.269 e. The number of halogens is 2. The molecule has 1 aliphatic heterocycles. The van der Waals surface area contributed by atoms with Crippen molar-refractivity contribution in [2.24, 2.45) is 0 Å². The van der Waals surface area contributed by atoms with Crippen LogP contribution in [0.1, 0.15) is 16.7 Å². The fourth-order valence-electron chi connectivity index (χ4n) is 3.20. The number of carbonyl (C=O) groups is 2. The van der Waals surface area contributed by atoms with Crippen LogP contribution in [-0.2, 0) is 21.9 Å². The summed E-state index contributed by atoms with van der Waals surface area (Å²) in [6, 6.07) is 22.4. The smallest absolute Gasteiger partial charge is 0.268 e. The van der Waals surface area contributed by atoms with Gasteiger partial charge in [0, 0.05) is 10.8 Å². The highest BCUT2D eigenvalue weighted by molar-refractivity contribution is 8.03. The summed E-state index contributed by atoms with van der Waals surface area (Å²) in [6.45, 7) is 0.148. The number of carbonyl (C=O) groups excluding carboxylic acids is 2. The summed E-state index contributed by atoms with van der Waals surface area (Å²) >= 11 is 7.26. The molecule has 0 aromatic heterocycles. The third kappa shape index (κ3) is 4.32. The Kier molecular flexibility index (Phi) is 6.02. The van der Waals surface area contributed by atoms with Crippen molar-refractivity contribution in [2.45, 2.75) is 12.3 Å². The number of nitrogens with zero attached hydrogens (tertiary/aromatic N) is 1. The van der Waals surface area contributed by atoms with Crippen molar-refractivity contribution in [2.75, 3.05) is 0 Å². The molecule has 3 aromatic carbocycles. The molecule has 1 heterocycles. The van der Waals surface area contributed by atoms with Gasteiger partial charge in [0.1, 0.15) is 5.82 Å². The summed E-state index contributed by atoms with van der Waals surface area (Å²) in [6.07, 6.45) is 0. The number of thioether (sulfide) groups is 1. The van der Waals surface area contributed by atoms with E-state index >= 15 is 0 Å². The molecule has 6 heteroatoms. The average Bonchev–Trinajstić information content (AvgIpc) is 2.99. The maximum absolute atomic E-state index is 13.4. The van der Waals surface area contributed by atoms with Crippen molar-refractivity contribution in [1.29, 1.82) is 0 Å². The van der Waals surface area contributed by atoms with Gasteiger partial charge >= 0.3 is 0 Å². The molecule has 0 saturated heterocycles. The summed E-state index contributed by atoms with van der Waals surface area (Å²) in [5.41, 5.74) is 2.69. The van der Waals surface area contributed by atoms with E-state index in [1.807, 2.05) is 30.3 Å². The Morgan fingerprint density at radius 1 is 0.800 bits per heavy atom. The van der Waals surface area contributed by atoms with Gasteiger partial charge in [-0.15, -0.1) is 11.8 Å². The molecule has 0 fully saturated rings. The first-order valence-electron chi connectivity index (χ1n) is 9.30. The quantitative estimate of drug-likeness (QED) is 0.465. The summed E-state index contributed by atoms with van der Waals surface area (Å²) in [5, 5.41) is 0.585. The van der Waals surface area contributed by atoms with Gasteiger partial charge in [-0.05, 0) is 41.0 Å². The lowest BCUT2D eigenvalue weighted by Crippen LogP contribution is -2.30. The van der Waals surface area contributed by atoms with Gasteiger partial charge < -0.3 is 0 Å². The molecule has 2 amide bonds. The molecule has 0 atom stereocenters. The zero-order valence-corrected chi connectivity index (χ0v) is 17.4. The largest absolute Gasteiger partial charge is 0.269 e. The molecule has 0 bridgehead atoms. The Balaban J connectivity index is 1.66. The van der Waals surface area contributed by atoms with Gasteiger partial charge in [-0.1, -0.05) is 66.2 Å². The third-order valence-corrected chi connectivity index (χ3v) is 6.14. The highest BCUT2D eigenvalue weighted by atomic mass is 35.5. The third-order valence-electron chi connectivity index (χ3n) is 4.74. The Bertz CT molecular complexity index is 1110. The van der Waals surface area contributed by atoms with Crippen LogP contribution in [0.15, 0.2) is 83.8 Å². The van der Waals surface area contributed by atoms with Crippen LogP contribution in [0.3, 0.4) is 0 Å². The molecular weight excluding hydrogens is 421 g/mol. The molecule has 0 N–H and O–H groups in total. The van der Waals surface area contributed by atoms with Crippen LogP contribution in [0, 0.1) is 5.82 Å². The molecule has 4 rings (SSSR count). The van der Waals surface area contributed by atoms with E-state index in [2.05, 4.69) is 0 Å². The van der Waals surface area contributed by atoms with Crippen molar-refractivity contribution in [3.05, 3.63) is 111 Å². The monoisotopic (exact) mass is 437 g/mol. The minimum absolute atomic E-state index is 0.148. The van der Waals surface area contributed by atoms with E-state index in [9.17, 15) is 14.0 Å². The molecule has 30 heavy (non-hydrogen) atoms. The average molecular weight is 438 g/mol. The topological polar surface area (TPSA) is 37.4 Å². The van der Waals surface area contributed by atoms with Crippen molar-refractivity contribution in [3.8, 4) is 0 Å². The van der Waals surface area contributed by atoms with Crippen molar-refractivity contribution < 1.29 is 14.0 Å². The number of amides is 2. The van der Waals surface area contributed by atoms with Crippen LogP contribution in [0.25, 0.3) is 5.57 Å². The summed E-state index contributed by atoms with van der Waals surface area (Å²) in [4.78, 5) is 28.0. The molecule has 3 nitrogen and oxygen atoms in total. The summed E-state index contributed by atoms with van der Waals surface area (Å²) in [7, 11) is 0. The molecule has 0 spiro atoms. The van der Waals surface area contributed by atoms with Crippen molar-refractivity contribution in [1.82, 2.24) is 4.90 Å². The highest BCUT2D eigenvalue weighted by Gasteiger charge is 2.39. The minimum atomic E-state index is -0.396. The van der Waals surface area contributed by atoms with E-state index in [-0.39, 0.29) is 18.4 Å². The number of imide groups is 1. The van der Waals surface area contributed by atoms with Crippen LogP contribution in [0.2, 0.25) is 5.02 Å². The fraction of sp³-hybridized carbons (Fsp3) is 0.0833. The zero-order valence-electron chi connectivity index (χ0n) is 15.8. The molecule has 3 aromatic rings. The molecule has 0 aliphatic carbocycles. The Labute approximate surface area is 183 Å². The predicted molar refractivity (Wildman–Crippen MR) is 118 cm³/mol.